The highest BCUT2D eigenvalue weighted by Gasteiger charge is 2.45. The van der Waals surface area contributed by atoms with E-state index in [2.05, 4.69) is 4.74 Å². The van der Waals surface area contributed by atoms with Crippen molar-refractivity contribution in [2.24, 2.45) is 0 Å². The van der Waals surface area contributed by atoms with Crippen molar-refractivity contribution < 1.29 is 51.7 Å². The fraction of sp³-hybridized carbons (Fsp3) is 0.500. The van der Waals surface area contributed by atoms with Gasteiger partial charge in [-0.2, -0.15) is 39.2 Å². The number of ether oxygens (including phenoxy) is 1. The summed E-state index contributed by atoms with van der Waals surface area (Å²) >= 11 is 0. The SMILES string of the molecule is FC(F)=C(F)OC(F)(F)C(F)F.O=S(=O)(F)F. The largest absolute Gasteiger partial charge is 0.476 e. The summed E-state index contributed by atoms with van der Waals surface area (Å²) in [5, 5.41) is 0. The first-order valence-electron chi connectivity index (χ1n) is 2.97. The van der Waals surface area contributed by atoms with Crippen LogP contribution in [0.4, 0.5) is 38.5 Å². The average molecular weight is 300 g/mol. The molecule has 0 radical (unpaired) electrons. The summed E-state index contributed by atoms with van der Waals surface area (Å²) in [5.74, 6) is 0. The fourth-order valence-corrected chi connectivity index (χ4v) is 0.203. The van der Waals surface area contributed by atoms with Gasteiger partial charge in [0.15, 0.2) is 0 Å². The molecule has 0 spiro atoms. The lowest BCUT2D eigenvalue weighted by atomic mass is 10.6. The molecule has 0 aromatic rings. The molecule has 0 aromatic carbocycles. The molecule has 0 amide bonds. The van der Waals surface area contributed by atoms with Crippen molar-refractivity contribution in [3.63, 3.8) is 0 Å². The Morgan fingerprint density at radius 1 is 1.06 bits per heavy atom. The van der Waals surface area contributed by atoms with Gasteiger partial charge in [-0.1, -0.05) is 7.77 Å². The molecule has 0 aliphatic rings. The maximum Gasteiger partial charge on any atom is 0.476 e. The summed E-state index contributed by atoms with van der Waals surface area (Å²) in [6, 6.07) is -3.01. The van der Waals surface area contributed by atoms with Crippen LogP contribution in [0.2, 0.25) is 0 Å². The monoisotopic (exact) mass is 300 g/mol. The Balaban J connectivity index is 0. The van der Waals surface area contributed by atoms with E-state index in [1.807, 2.05) is 0 Å². The standard InChI is InChI=1S/C4HF7O.F2O2S/c5-1(6)2(7)12-4(10,11)3(8)9;1-5(2,3)4/h3H;. The maximum atomic E-state index is 11.6. The normalized spacial score (nSPS) is 11.6. The minimum absolute atomic E-state index is 2.34. The molecule has 0 unspecified atom stereocenters. The Labute approximate surface area is 88.0 Å². The molecule has 17 heavy (non-hydrogen) atoms. The van der Waals surface area contributed by atoms with Crippen molar-refractivity contribution in [2.75, 3.05) is 0 Å². The first kappa shape index (κ1) is 18.2. The van der Waals surface area contributed by atoms with E-state index in [9.17, 15) is 38.5 Å². The second-order valence-electron chi connectivity index (χ2n) is 1.88. The van der Waals surface area contributed by atoms with Crippen LogP contribution in [0, 0.1) is 0 Å². The molecule has 0 heterocycles. The molecule has 0 saturated heterocycles. The Morgan fingerprint density at radius 2 is 1.35 bits per heavy atom. The van der Waals surface area contributed by atoms with E-state index in [1.54, 1.807) is 0 Å². The van der Waals surface area contributed by atoms with Gasteiger partial charge in [-0.3, -0.25) is 0 Å². The Morgan fingerprint density at radius 3 is 1.53 bits per heavy atom. The van der Waals surface area contributed by atoms with E-state index < -0.39 is 35.2 Å². The summed E-state index contributed by atoms with van der Waals surface area (Å²) < 4.78 is 118. The summed E-state index contributed by atoms with van der Waals surface area (Å²) in [5.41, 5.74) is 0. The summed E-state index contributed by atoms with van der Waals surface area (Å²) in [4.78, 5) is 0. The molecule has 3 nitrogen and oxygen atoms in total. The number of hydrogen-bond acceptors (Lipinski definition) is 3. The van der Waals surface area contributed by atoms with E-state index >= 15 is 0 Å². The van der Waals surface area contributed by atoms with Crippen LogP contribution in [-0.2, 0) is 15.3 Å². The highest BCUT2D eigenvalue weighted by Crippen LogP contribution is 2.28. The highest BCUT2D eigenvalue weighted by atomic mass is 32.3. The topological polar surface area (TPSA) is 43.4 Å². The first-order chi connectivity index (χ1) is 7.27. The van der Waals surface area contributed by atoms with Crippen LogP contribution in [0.15, 0.2) is 12.1 Å². The van der Waals surface area contributed by atoms with Gasteiger partial charge in [0, 0.05) is 0 Å². The van der Waals surface area contributed by atoms with Crippen molar-refractivity contribution in [1.29, 1.82) is 0 Å². The van der Waals surface area contributed by atoms with Crippen LogP contribution in [0.25, 0.3) is 0 Å². The summed E-state index contributed by atoms with van der Waals surface area (Å²) in [6.45, 7) is 0. The number of rotatable bonds is 3. The zero-order valence-electron chi connectivity index (χ0n) is 7.11. The van der Waals surface area contributed by atoms with Crippen LogP contribution in [-0.4, -0.2) is 21.0 Å². The molecule has 0 aromatic heterocycles. The van der Waals surface area contributed by atoms with E-state index in [0.29, 0.717) is 0 Å². The first-order valence-corrected chi connectivity index (χ1v) is 4.25. The van der Waals surface area contributed by atoms with Crippen molar-refractivity contribution in [3.8, 4) is 0 Å². The highest BCUT2D eigenvalue weighted by molar-refractivity contribution is 7.81. The van der Waals surface area contributed by atoms with E-state index in [0.717, 1.165) is 0 Å². The summed E-state index contributed by atoms with van der Waals surface area (Å²) in [6.07, 6.45) is -12.8. The molecule has 0 bridgehead atoms. The van der Waals surface area contributed by atoms with Crippen LogP contribution >= 0.6 is 0 Å². The van der Waals surface area contributed by atoms with Gasteiger partial charge in [0.2, 0.25) is 0 Å². The smallest absolute Gasteiger partial charge is 0.398 e. The molecular weight excluding hydrogens is 299 g/mol. The molecular formula is C4HF9O3S. The molecule has 0 atom stereocenters. The van der Waals surface area contributed by atoms with E-state index in [-0.39, 0.29) is 0 Å². The molecule has 104 valence electrons. The molecule has 0 fully saturated rings. The number of alkyl halides is 4. The van der Waals surface area contributed by atoms with Gasteiger partial charge in [-0.05, 0) is 0 Å². The predicted octanol–water partition coefficient (Wildman–Crippen LogP) is 3.07. The van der Waals surface area contributed by atoms with Crippen LogP contribution in [0.3, 0.4) is 0 Å². The van der Waals surface area contributed by atoms with Gasteiger partial charge in [0.05, 0.1) is 0 Å². The van der Waals surface area contributed by atoms with Crippen molar-refractivity contribution in [3.05, 3.63) is 12.1 Å². The Kier molecular flexibility index (Phi) is 7.04. The summed E-state index contributed by atoms with van der Waals surface area (Å²) in [7, 11) is -5.67. The van der Waals surface area contributed by atoms with Crippen molar-refractivity contribution in [1.82, 2.24) is 0 Å². The van der Waals surface area contributed by atoms with Gasteiger partial charge < -0.3 is 4.74 Å². The lowest BCUT2D eigenvalue weighted by Crippen LogP contribution is -2.29. The molecule has 0 saturated carbocycles. The predicted molar refractivity (Wildman–Crippen MR) is 33.5 cm³/mol. The second kappa shape index (κ2) is 6.56. The second-order valence-corrected chi connectivity index (χ2v) is 2.63. The third kappa shape index (κ3) is 12.8. The van der Waals surface area contributed by atoms with Gasteiger partial charge in [0.1, 0.15) is 0 Å². The van der Waals surface area contributed by atoms with Gasteiger partial charge in [0.25, 0.3) is 0 Å². The third-order valence-electron chi connectivity index (χ3n) is 0.628. The van der Waals surface area contributed by atoms with Crippen molar-refractivity contribution >= 4 is 10.6 Å². The molecule has 0 rings (SSSR count). The maximum absolute atomic E-state index is 11.6. The Hall–Kier alpha value is -1.14. The van der Waals surface area contributed by atoms with Gasteiger partial charge >= 0.3 is 35.2 Å². The number of hydrogen-bond donors (Lipinski definition) is 0. The van der Waals surface area contributed by atoms with Gasteiger partial charge in [-0.15, -0.1) is 0 Å². The number of halogens is 9. The van der Waals surface area contributed by atoms with E-state index in [1.165, 1.54) is 0 Å². The molecule has 13 heteroatoms. The van der Waals surface area contributed by atoms with Crippen molar-refractivity contribution in [2.45, 2.75) is 12.5 Å². The average Bonchev–Trinajstić information content (AvgIpc) is 1.99. The van der Waals surface area contributed by atoms with Gasteiger partial charge in [-0.25, -0.2) is 0 Å². The lowest BCUT2D eigenvalue weighted by molar-refractivity contribution is -0.292. The molecule has 0 aliphatic heterocycles. The fourth-order valence-electron chi connectivity index (χ4n) is 0.203. The quantitative estimate of drug-likeness (QED) is 0.457. The lowest BCUT2D eigenvalue weighted by Gasteiger charge is -2.13. The van der Waals surface area contributed by atoms with E-state index in [4.69, 9.17) is 8.42 Å². The Bertz CT molecular complexity index is 348. The minimum atomic E-state index is -5.67. The third-order valence-corrected chi connectivity index (χ3v) is 0.628. The zero-order valence-corrected chi connectivity index (χ0v) is 7.93. The minimum Gasteiger partial charge on any atom is -0.398 e. The molecule has 0 N–H and O–H groups in total. The van der Waals surface area contributed by atoms with Crippen LogP contribution < -0.4 is 0 Å². The van der Waals surface area contributed by atoms with Crippen LogP contribution in [0.5, 0.6) is 0 Å². The molecule has 0 aliphatic carbocycles. The van der Waals surface area contributed by atoms with Crippen LogP contribution in [0.1, 0.15) is 0 Å². The zero-order chi connectivity index (χ0) is 14.4.